The largest absolute Gasteiger partial charge is 0.484 e. The molecule has 0 saturated carbocycles. The fraction of sp³-hybridized carbons (Fsp3) is 0.323. The van der Waals surface area contributed by atoms with Crippen molar-refractivity contribution in [3.8, 4) is 16.9 Å². The van der Waals surface area contributed by atoms with Gasteiger partial charge in [0.1, 0.15) is 30.4 Å². The highest BCUT2D eigenvalue weighted by molar-refractivity contribution is 5.81. The number of halogens is 1. The zero-order valence-electron chi connectivity index (χ0n) is 20.9. The van der Waals surface area contributed by atoms with Crippen molar-refractivity contribution in [2.45, 2.75) is 38.0 Å². The number of rotatable bonds is 5. The van der Waals surface area contributed by atoms with Crippen molar-refractivity contribution in [3.05, 3.63) is 107 Å². The Morgan fingerprint density at radius 2 is 1.68 bits per heavy atom. The highest BCUT2D eigenvalue weighted by Gasteiger charge is 2.49. The van der Waals surface area contributed by atoms with E-state index in [2.05, 4.69) is 5.16 Å². The third-order valence-electron chi connectivity index (χ3n) is 8.82. The SMILES string of the molecule is Cc1ccc(OC2C[N+]3(Cc4cc(C5(O)c6ccccc6-c6ccccc65)no4)CCC2CC3)cc1F. The predicted octanol–water partition coefficient (Wildman–Crippen LogP) is 5.57. The molecule has 2 bridgehead atoms. The van der Waals surface area contributed by atoms with E-state index in [1.165, 1.54) is 6.07 Å². The van der Waals surface area contributed by atoms with Gasteiger partial charge in [0.2, 0.25) is 0 Å². The summed E-state index contributed by atoms with van der Waals surface area (Å²) in [5.41, 5.74) is 3.52. The van der Waals surface area contributed by atoms with E-state index in [0.29, 0.717) is 29.5 Å². The second-order valence-electron chi connectivity index (χ2n) is 11.0. The third-order valence-corrected chi connectivity index (χ3v) is 8.82. The van der Waals surface area contributed by atoms with Gasteiger partial charge in [-0.2, -0.15) is 0 Å². The van der Waals surface area contributed by atoms with Crippen LogP contribution in [0.1, 0.15) is 41.0 Å². The van der Waals surface area contributed by atoms with Crippen molar-refractivity contribution in [1.29, 1.82) is 0 Å². The van der Waals surface area contributed by atoms with Crippen LogP contribution in [0.3, 0.4) is 0 Å². The number of quaternary nitrogens is 1. The molecule has 3 fully saturated rings. The minimum absolute atomic E-state index is 0.0461. The fourth-order valence-corrected chi connectivity index (χ4v) is 6.78. The summed E-state index contributed by atoms with van der Waals surface area (Å²) in [4.78, 5) is 0. The minimum atomic E-state index is -1.34. The second kappa shape index (κ2) is 8.27. The van der Waals surface area contributed by atoms with Crippen LogP contribution in [0.2, 0.25) is 0 Å². The maximum absolute atomic E-state index is 14.1. The maximum Gasteiger partial charge on any atom is 0.191 e. The lowest BCUT2D eigenvalue weighted by Gasteiger charge is -2.51. The highest BCUT2D eigenvalue weighted by atomic mass is 19.1. The van der Waals surface area contributed by atoms with E-state index in [0.717, 1.165) is 65.0 Å². The van der Waals surface area contributed by atoms with Gasteiger partial charge in [-0.05, 0) is 29.7 Å². The van der Waals surface area contributed by atoms with Gasteiger partial charge in [0.15, 0.2) is 17.5 Å². The van der Waals surface area contributed by atoms with E-state index < -0.39 is 5.60 Å². The van der Waals surface area contributed by atoms with Crippen LogP contribution >= 0.6 is 0 Å². The average Bonchev–Trinajstić information content (AvgIpc) is 3.49. The number of aliphatic hydroxyl groups is 1. The van der Waals surface area contributed by atoms with Crippen molar-refractivity contribution < 1.29 is 23.2 Å². The lowest BCUT2D eigenvalue weighted by Crippen LogP contribution is -2.64. The van der Waals surface area contributed by atoms with Gasteiger partial charge in [-0.3, -0.25) is 0 Å². The molecule has 0 amide bonds. The molecule has 5 nitrogen and oxygen atoms in total. The highest BCUT2D eigenvalue weighted by Crippen LogP contribution is 2.50. The summed E-state index contributed by atoms with van der Waals surface area (Å²) < 4.78 is 27.2. The van der Waals surface area contributed by atoms with E-state index in [1.807, 2.05) is 60.7 Å². The minimum Gasteiger partial charge on any atom is -0.484 e. The molecule has 1 aromatic heterocycles. The molecule has 1 atom stereocenters. The Balaban J connectivity index is 1.16. The molecule has 6 heteroatoms. The molecule has 1 N–H and O–H groups in total. The molecule has 4 aromatic rings. The summed E-state index contributed by atoms with van der Waals surface area (Å²) in [7, 11) is 0. The lowest BCUT2D eigenvalue weighted by molar-refractivity contribution is -0.959. The van der Waals surface area contributed by atoms with E-state index in [9.17, 15) is 9.50 Å². The predicted molar refractivity (Wildman–Crippen MR) is 137 cm³/mol. The number of nitrogens with zero attached hydrogens (tertiary/aromatic N) is 2. The van der Waals surface area contributed by atoms with Crippen LogP contribution in [-0.2, 0) is 12.1 Å². The molecule has 0 spiro atoms. The van der Waals surface area contributed by atoms with E-state index >= 15 is 0 Å². The number of ether oxygens (including phenoxy) is 1. The average molecular weight is 498 g/mol. The molecule has 3 saturated heterocycles. The summed E-state index contributed by atoms with van der Waals surface area (Å²) in [5, 5.41) is 16.5. The first-order valence-corrected chi connectivity index (χ1v) is 13.1. The van der Waals surface area contributed by atoms with Gasteiger partial charge < -0.3 is 18.8 Å². The summed E-state index contributed by atoms with van der Waals surface area (Å²) in [5.74, 6) is 1.63. The number of benzene rings is 3. The normalized spacial score (nSPS) is 25.1. The smallest absolute Gasteiger partial charge is 0.191 e. The van der Waals surface area contributed by atoms with Crippen LogP contribution in [0.5, 0.6) is 5.75 Å². The summed E-state index contributed by atoms with van der Waals surface area (Å²) >= 11 is 0. The molecular formula is C31H30FN2O3+. The van der Waals surface area contributed by atoms with Gasteiger partial charge in [0, 0.05) is 42.0 Å². The van der Waals surface area contributed by atoms with E-state index in [1.54, 1.807) is 13.0 Å². The van der Waals surface area contributed by atoms with Crippen molar-refractivity contribution >= 4 is 0 Å². The van der Waals surface area contributed by atoms with Gasteiger partial charge in [0.25, 0.3) is 0 Å². The second-order valence-corrected chi connectivity index (χ2v) is 11.0. The topological polar surface area (TPSA) is 55.5 Å². The Morgan fingerprint density at radius 1 is 1.00 bits per heavy atom. The molecule has 3 aliphatic heterocycles. The fourth-order valence-electron chi connectivity index (χ4n) is 6.78. The molecule has 3 aromatic carbocycles. The van der Waals surface area contributed by atoms with Crippen LogP contribution in [0.25, 0.3) is 11.1 Å². The molecule has 1 unspecified atom stereocenters. The zero-order valence-corrected chi connectivity index (χ0v) is 20.9. The molecule has 0 radical (unpaired) electrons. The molecule has 1 aliphatic carbocycles. The first-order chi connectivity index (χ1) is 18.0. The van der Waals surface area contributed by atoms with Crippen LogP contribution < -0.4 is 4.74 Å². The van der Waals surface area contributed by atoms with E-state index in [-0.39, 0.29) is 11.9 Å². The first kappa shape index (κ1) is 22.7. The first-order valence-electron chi connectivity index (χ1n) is 13.1. The van der Waals surface area contributed by atoms with Gasteiger partial charge in [-0.1, -0.05) is 59.8 Å². The number of hydrogen-bond donors (Lipinski definition) is 1. The molecule has 4 heterocycles. The van der Waals surface area contributed by atoms with Crippen molar-refractivity contribution in [3.63, 3.8) is 0 Å². The lowest BCUT2D eigenvalue weighted by atomic mass is 9.83. The van der Waals surface area contributed by atoms with Gasteiger partial charge in [0.05, 0.1) is 13.1 Å². The number of piperidine rings is 3. The maximum atomic E-state index is 14.1. The summed E-state index contributed by atoms with van der Waals surface area (Å²) in [6, 6.07) is 23.0. The summed E-state index contributed by atoms with van der Waals surface area (Å²) in [6.07, 6.45) is 2.19. The number of fused-ring (bicyclic) bond motifs is 6. The molecular weight excluding hydrogens is 467 g/mol. The van der Waals surface area contributed by atoms with Crippen LogP contribution in [0.4, 0.5) is 4.39 Å². The Morgan fingerprint density at radius 3 is 2.35 bits per heavy atom. The molecule has 188 valence electrons. The van der Waals surface area contributed by atoms with Crippen LogP contribution in [0, 0.1) is 18.7 Å². The Hall–Kier alpha value is -3.48. The van der Waals surface area contributed by atoms with Gasteiger partial charge >= 0.3 is 0 Å². The Kier molecular flexibility index (Phi) is 5.07. The van der Waals surface area contributed by atoms with Crippen molar-refractivity contribution in [1.82, 2.24) is 5.16 Å². The standard InChI is InChI=1S/C31H30FN2O3/c1-20-10-11-22(16-28(20)32)36-29-19-34(14-12-21(29)13-15-34)18-23-17-30(33-37-23)31(35)26-8-4-2-6-24(26)25-7-3-5-9-27(25)31/h2-11,16-17,21,29,35H,12-15,18-19H2,1H3/q+1. The van der Waals surface area contributed by atoms with Crippen LogP contribution in [0.15, 0.2) is 77.3 Å². The number of hydrogen-bond acceptors (Lipinski definition) is 4. The van der Waals surface area contributed by atoms with Gasteiger partial charge in [-0.25, -0.2) is 4.39 Å². The number of aromatic nitrogens is 1. The third kappa shape index (κ3) is 3.54. The van der Waals surface area contributed by atoms with E-state index in [4.69, 9.17) is 9.26 Å². The van der Waals surface area contributed by atoms with Crippen molar-refractivity contribution in [2.24, 2.45) is 5.92 Å². The molecule has 37 heavy (non-hydrogen) atoms. The Bertz CT molecular complexity index is 1440. The van der Waals surface area contributed by atoms with Gasteiger partial charge in [-0.15, -0.1) is 0 Å². The summed E-state index contributed by atoms with van der Waals surface area (Å²) in [6.45, 7) is 5.42. The zero-order chi connectivity index (χ0) is 25.2. The number of aryl methyl sites for hydroxylation is 1. The van der Waals surface area contributed by atoms with Crippen LogP contribution in [-0.4, -0.2) is 40.5 Å². The van der Waals surface area contributed by atoms with Crippen molar-refractivity contribution in [2.75, 3.05) is 19.6 Å². The Labute approximate surface area is 215 Å². The quantitative estimate of drug-likeness (QED) is 0.366. The monoisotopic (exact) mass is 497 g/mol. The molecule has 4 aliphatic rings. The molecule has 8 rings (SSSR count).